The molecule has 0 bridgehead atoms. The van der Waals surface area contributed by atoms with Gasteiger partial charge in [0.25, 0.3) is 0 Å². The molecular weight excluding hydrogens is 256 g/mol. The summed E-state index contributed by atoms with van der Waals surface area (Å²) in [6.07, 6.45) is -4.08. The van der Waals surface area contributed by atoms with Gasteiger partial charge in [-0.05, 0) is 25.7 Å². The largest absolute Gasteiger partial charge is 0.394 e. The second-order valence-corrected chi connectivity index (χ2v) is 5.26. The molecule has 7 nitrogen and oxygen atoms in total. The van der Waals surface area contributed by atoms with Crippen molar-refractivity contribution in [1.29, 1.82) is 0 Å². The van der Waals surface area contributed by atoms with E-state index in [0.29, 0.717) is 25.7 Å². The van der Waals surface area contributed by atoms with E-state index >= 15 is 0 Å². The van der Waals surface area contributed by atoms with Crippen LogP contribution in [0.1, 0.15) is 25.7 Å². The summed E-state index contributed by atoms with van der Waals surface area (Å²) in [5, 5.41) is 47.5. The molecule has 2 rings (SSSR count). The second kappa shape index (κ2) is 6.45. The normalized spacial score (nSPS) is 48.2. The molecule has 0 aromatic heterocycles. The standard InChI is InChI=1S/C12H22O7/c13-5-8-9(15)10(16)11(17)12(19-8)18-7-3-1-6(14)2-4-7/h6-17H,1-5H2. The van der Waals surface area contributed by atoms with E-state index in [0.717, 1.165) is 0 Å². The Kier molecular flexibility index (Phi) is 5.13. The highest BCUT2D eigenvalue weighted by molar-refractivity contribution is 4.89. The van der Waals surface area contributed by atoms with Gasteiger partial charge in [-0.1, -0.05) is 0 Å². The van der Waals surface area contributed by atoms with E-state index in [-0.39, 0.29) is 12.2 Å². The van der Waals surface area contributed by atoms with Gasteiger partial charge >= 0.3 is 0 Å². The van der Waals surface area contributed by atoms with Crippen LogP contribution in [0.4, 0.5) is 0 Å². The highest BCUT2D eigenvalue weighted by Crippen LogP contribution is 2.27. The molecule has 2 fully saturated rings. The first-order valence-electron chi connectivity index (χ1n) is 6.67. The Morgan fingerprint density at radius 3 is 2.11 bits per heavy atom. The fourth-order valence-electron chi connectivity index (χ4n) is 2.55. The van der Waals surface area contributed by atoms with E-state index in [1.165, 1.54) is 0 Å². The zero-order valence-electron chi connectivity index (χ0n) is 10.6. The molecule has 1 saturated heterocycles. The molecule has 5 atom stereocenters. The molecule has 0 aromatic rings. The van der Waals surface area contributed by atoms with Crippen LogP contribution in [0, 0.1) is 0 Å². The number of ether oxygens (including phenoxy) is 2. The van der Waals surface area contributed by atoms with Crippen molar-refractivity contribution < 1.29 is 35.0 Å². The topological polar surface area (TPSA) is 120 Å². The number of rotatable bonds is 3. The maximum atomic E-state index is 9.81. The summed E-state index contributed by atoms with van der Waals surface area (Å²) in [5.41, 5.74) is 0. The Bertz CT molecular complexity index is 277. The lowest BCUT2D eigenvalue weighted by Crippen LogP contribution is -2.59. The molecule has 1 heterocycles. The minimum Gasteiger partial charge on any atom is -0.394 e. The highest BCUT2D eigenvalue weighted by atomic mass is 16.7. The Morgan fingerprint density at radius 2 is 1.53 bits per heavy atom. The van der Waals surface area contributed by atoms with E-state index in [4.69, 9.17) is 14.6 Å². The van der Waals surface area contributed by atoms with E-state index in [1.54, 1.807) is 0 Å². The van der Waals surface area contributed by atoms with Gasteiger partial charge in [0.15, 0.2) is 6.29 Å². The van der Waals surface area contributed by atoms with Crippen LogP contribution in [0.15, 0.2) is 0 Å². The SMILES string of the molecule is OCC1OC(OC2CCC(O)CC2)C(O)C(O)C1O. The predicted molar refractivity (Wildman–Crippen MR) is 63.1 cm³/mol. The third kappa shape index (κ3) is 3.43. The van der Waals surface area contributed by atoms with E-state index in [1.807, 2.05) is 0 Å². The lowest BCUT2D eigenvalue weighted by Gasteiger charge is -2.41. The average molecular weight is 278 g/mol. The fraction of sp³-hybridized carbons (Fsp3) is 1.00. The monoisotopic (exact) mass is 278 g/mol. The summed E-state index contributed by atoms with van der Waals surface area (Å²) < 4.78 is 10.8. The van der Waals surface area contributed by atoms with Gasteiger partial charge in [0, 0.05) is 0 Å². The van der Waals surface area contributed by atoms with Crippen molar-refractivity contribution in [2.75, 3.05) is 6.61 Å². The lowest BCUT2D eigenvalue weighted by molar-refractivity contribution is -0.313. The van der Waals surface area contributed by atoms with Gasteiger partial charge in [-0.3, -0.25) is 0 Å². The number of hydrogen-bond donors (Lipinski definition) is 5. The minimum absolute atomic E-state index is 0.162. The van der Waals surface area contributed by atoms with Crippen molar-refractivity contribution in [2.24, 2.45) is 0 Å². The molecule has 7 heteroatoms. The maximum absolute atomic E-state index is 9.81. The summed E-state index contributed by atoms with van der Waals surface area (Å²) >= 11 is 0. The maximum Gasteiger partial charge on any atom is 0.186 e. The zero-order valence-corrected chi connectivity index (χ0v) is 10.6. The molecule has 0 spiro atoms. The smallest absolute Gasteiger partial charge is 0.186 e. The first-order valence-corrected chi connectivity index (χ1v) is 6.67. The summed E-state index contributed by atoms with van der Waals surface area (Å²) in [6, 6.07) is 0. The van der Waals surface area contributed by atoms with Gasteiger partial charge in [0.2, 0.25) is 0 Å². The van der Waals surface area contributed by atoms with Crippen LogP contribution < -0.4 is 0 Å². The van der Waals surface area contributed by atoms with Gasteiger partial charge < -0.3 is 35.0 Å². The van der Waals surface area contributed by atoms with Crippen LogP contribution in [0.5, 0.6) is 0 Å². The Hall–Kier alpha value is -0.280. The summed E-state index contributed by atoms with van der Waals surface area (Å²) in [6.45, 7) is -0.464. The molecule has 19 heavy (non-hydrogen) atoms. The molecule has 1 aliphatic carbocycles. The van der Waals surface area contributed by atoms with Crippen LogP contribution in [0.3, 0.4) is 0 Å². The summed E-state index contributed by atoms with van der Waals surface area (Å²) in [7, 11) is 0. The summed E-state index contributed by atoms with van der Waals surface area (Å²) in [5.74, 6) is 0. The van der Waals surface area contributed by atoms with E-state index < -0.39 is 37.3 Å². The van der Waals surface area contributed by atoms with Gasteiger partial charge in [0.05, 0.1) is 18.8 Å². The summed E-state index contributed by atoms with van der Waals surface area (Å²) in [4.78, 5) is 0. The van der Waals surface area contributed by atoms with Crippen LogP contribution in [-0.4, -0.2) is 75.1 Å². The van der Waals surface area contributed by atoms with Gasteiger partial charge in [-0.25, -0.2) is 0 Å². The molecule has 5 unspecified atom stereocenters. The third-order valence-corrected chi connectivity index (χ3v) is 3.82. The van der Waals surface area contributed by atoms with Crippen molar-refractivity contribution in [3.05, 3.63) is 0 Å². The van der Waals surface area contributed by atoms with Crippen LogP contribution in [0.25, 0.3) is 0 Å². The fourth-order valence-corrected chi connectivity index (χ4v) is 2.55. The molecular formula is C12H22O7. The third-order valence-electron chi connectivity index (χ3n) is 3.82. The van der Waals surface area contributed by atoms with Gasteiger partial charge in [0.1, 0.15) is 24.4 Å². The second-order valence-electron chi connectivity index (χ2n) is 5.26. The molecule has 0 aromatic carbocycles. The van der Waals surface area contributed by atoms with Crippen LogP contribution in [-0.2, 0) is 9.47 Å². The first kappa shape index (κ1) is 15.1. The number of aliphatic hydroxyl groups is 5. The van der Waals surface area contributed by atoms with Crippen molar-refractivity contribution in [3.63, 3.8) is 0 Å². The molecule has 0 amide bonds. The van der Waals surface area contributed by atoms with Gasteiger partial charge in [-0.2, -0.15) is 0 Å². The van der Waals surface area contributed by atoms with E-state index in [9.17, 15) is 20.4 Å². The van der Waals surface area contributed by atoms with Crippen molar-refractivity contribution in [1.82, 2.24) is 0 Å². The molecule has 2 aliphatic rings. The zero-order chi connectivity index (χ0) is 14.0. The molecule has 1 saturated carbocycles. The highest BCUT2D eigenvalue weighted by Gasteiger charge is 2.44. The van der Waals surface area contributed by atoms with Crippen molar-refractivity contribution in [2.45, 2.75) is 68.6 Å². The van der Waals surface area contributed by atoms with E-state index in [2.05, 4.69) is 0 Å². The Morgan fingerprint density at radius 1 is 0.895 bits per heavy atom. The molecule has 0 radical (unpaired) electrons. The minimum atomic E-state index is -1.41. The molecule has 112 valence electrons. The molecule has 1 aliphatic heterocycles. The molecule has 5 N–H and O–H groups in total. The number of aliphatic hydroxyl groups excluding tert-OH is 5. The Balaban J connectivity index is 1.91. The van der Waals surface area contributed by atoms with Gasteiger partial charge in [-0.15, -0.1) is 0 Å². The van der Waals surface area contributed by atoms with Crippen molar-refractivity contribution in [3.8, 4) is 0 Å². The van der Waals surface area contributed by atoms with Crippen LogP contribution in [0.2, 0.25) is 0 Å². The Labute approximate surface area is 111 Å². The predicted octanol–water partition coefficient (Wildman–Crippen LogP) is -1.89. The van der Waals surface area contributed by atoms with Crippen molar-refractivity contribution >= 4 is 0 Å². The lowest BCUT2D eigenvalue weighted by atomic mass is 9.94. The number of hydrogen-bond acceptors (Lipinski definition) is 7. The van der Waals surface area contributed by atoms with Crippen LogP contribution >= 0.6 is 0 Å². The quantitative estimate of drug-likeness (QED) is 0.409. The average Bonchev–Trinajstić information content (AvgIpc) is 2.42. The first-order chi connectivity index (χ1) is 9.02.